The van der Waals surface area contributed by atoms with Gasteiger partial charge in [-0.1, -0.05) is 6.07 Å². The molecule has 7 nitrogen and oxygen atoms in total. The van der Waals surface area contributed by atoms with Gasteiger partial charge in [0.05, 0.1) is 22.5 Å². The molecule has 4 rings (SSSR count). The second-order valence-electron chi connectivity index (χ2n) is 6.27. The van der Waals surface area contributed by atoms with Crippen molar-refractivity contribution in [2.75, 3.05) is 17.2 Å². The largest absolute Gasteiger partial charge is 0.311 e. The minimum absolute atomic E-state index is 0.109. The van der Waals surface area contributed by atoms with Gasteiger partial charge in [0.15, 0.2) is 0 Å². The first-order valence-electron chi connectivity index (χ1n) is 7.86. The maximum Gasteiger partial charge on any atom is 0.227 e. The van der Waals surface area contributed by atoms with Crippen molar-refractivity contribution in [3.8, 4) is 0 Å². The van der Waals surface area contributed by atoms with E-state index >= 15 is 0 Å². The number of hydrogen-bond acceptors (Lipinski definition) is 5. The molecule has 0 aliphatic carbocycles. The highest BCUT2D eigenvalue weighted by atomic mass is 32.2. The molecule has 1 atom stereocenters. The zero-order valence-electron chi connectivity index (χ0n) is 13.3. The summed E-state index contributed by atoms with van der Waals surface area (Å²) in [5.41, 5.74) is 2.22. The van der Waals surface area contributed by atoms with Crippen LogP contribution in [0.4, 0.5) is 5.69 Å². The van der Waals surface area contributed by atoms with Crippen LogP contribution in [-0.2, 0) is 14.8 Å². The number of pyridine rings is 2. The topological polar surface area (TPSA) is 106 Å². The van der Waals surface area contributed by atoms with E-state index in [1.807, 2.05) is 30.3 Å². The van der Waals surface area contributed by atoms with Crippen molar-refractivity contribution in [3.63, 3.8) is 0 Å². The number of aromatic nitrogens is 2. The number of amides is 1. The average molecular weight is 356 g/mol. The second-order valence-corrected chi connectivity index (χ2v) is 7.93. The molecule has 2 aromatic heterocycles. The molecule has 0 saturated carbocycles. The van der Waals surface area contributed by atoms with Crippen molar-refractivity contribution in [3.05, 3.63) is 42.7 Å². The van der Waals surface area contributed by atoms with Crippen LogP contribution in [-0.4, -0.2) is 36.6 Å². The Hall–Kier alpha value is -2.58. The molecule has 0 radical (unpaired) electrons. The molecular formula is C17H16N4O3S. The molecular weight excluding hydrogens is 340 g/mol. The van der Waals surface area contributed by atoms with Gasteiger partial charge >= 0.3 is 0 Å². The highest BCUT2D eigenvalue weighted by molar-refractivity contribution is 7.89. The Morgan fingerprint density at radius 3 is 2.64 bits per heavy atom. The lowest BCUT2D eigenvalue weighted by atomic mass is 10.1. The Labute approximate surface area is 144 Å². The number of carbonyl (C=O) groups excluding carboxylic acids is 1. The molecule has 1 unspecified atom stereocenters. The Morgan fingerprint density at radius 1 is 1.16 bits per heavy atom. The van der Waals surface area contributed by atoms with E-state index in [9.17, 15) is 13.2 Å². The molecule has 128 valence electrons. The van der Waals surface area contributed by atoms with Gasteiger partial charge in [0.1, 0.15) is 0 Å². The van der Waals surface area contributed by atoms with E-state index in [-0.39, 0.29) is 24.0 Å². The molecule has 1 aromatic carbocycles. The van der Waals surface area contributed by atoms with Crippen LogP contribution in [0.3, 0.4) is 0 Å². The third kappa shape index (κ3) is 2.94. The minimum Gasteiger partial charge on any atom is -0.311 e. The van der Waals surface area contributed by atoms with Crippen molar-refractivity contribution in [1.29, 1.82) is 0 Å². The summed E-state index contributed by atoms with van der Waals surface area (Å²) in [6, 6.07) is 9.36. The molecule has 1 aliphatic heterocycles. The third-order valence-corrected chi connectivity index (χ3v) is 5.34. The predicted molar refractivity (Wildman–Crippen MR) is 95.5 cm³/mol. The van der Waals surface area contributed by atoms with E-state index in [1.54, 1.807) is 17.3 Å². The fourth-order valence-corrected chi connectivity index (χ4v) is 4.32. The highest BCUT2D eigenvalue weighted by Crippen LogP contribution is 2.35. The maximum absolute atomic E-state index is 12.5. The molecule has 3 aromatic rings. The lowest BCUT2D eigenvalue weighted by Gasteiger charge is -2.19. The summed E-state index contributed by atoms with van der Waals surface area (Å²) in [5.74, 6) is -0.610. The first-order valence-corrected chi connectivity index (χ1v) is 9.57. The van der Waals surface area contributed by atoms with Gasteiger partial charge in [0.25, 0.3) is 0 Å². The Morgan fingerprint density at radius 2 is 1.88 bits per heavy atom. The number of nitrogens with zero attached hydrogens (tertiary/aromatic N) is 3. The summed E-state index contributed by atoms with van der Waals surface area (Å²) < 4.78 is 22.7. The van der Waals surface area contributed by atoms with Crippen LogP contribution in [0.5, 0.6) is 0 Å². The SMILES string of the molecule is NS(=O)(=O)CC1CC(=O)N(c2cc3cccnc3c3ncccc23)C1. The lowest BCUT2D eigenvalue weighted by molar-refractivity contribution is -0.117. The molecule has 3 heterocycles. The molecule has 0 spiro atoms. The summed E-state index contributed by atoms with van der Waals surface area (Å²) in [6.45, 7) is 0.324. The fourth-order valence-electron chi connectivity index (χ4n) is 3.44. The van der Waals surface area contributed by atoms with Crippen LogP contribution in [0.15, 0.2) is 42.7 Å². The van der Waals surface area contributed by atoms with Gasteiger partial charge in [-0.3, -0.25) is 14.8 Å². The van der Waals surface area contributed by atoms with Crippen molar-refractivity contribution in [1.82, 2.24) is 9.97 Å². The van der Waals surface area contributed by atoms with Crippen LogP contribution < -0.4 is 10.0 Å². The minimum atomic E-state index is -3.61. The van der Waals surface area contributed by atoms with Crippen molar-refractivity contribution >= 4 is 43.4 Å². The van der Waals surface area contributed by atoms with E-state index in [1.165, 1.54) is 0 Å². The molecule has 0 bridgehead atoms. The van der Waals surface area contributed by atoms with Crippen molar-refractivity contribution < 1.29 is 13.2 Å². The third-order valence-electron chi connectivity index (χ3n) is 4.40. The van der Waals surface area contributed by atoms with Gasteiger partial charge in [-0.05, 0) is 24.3 Å². The quantitative estimate of drug-likeness (QED) is 0.715. The van der Waals surface area contributed by atoms with E-state index in [4.69, 9.17) is 5.14 Å². The van der Waals surface area contributed by atoms with Crippen LogP contribution >= 0.6 is 0 Å². The maximum atomic E-state index is 12.5. The van der Waals surface area contributed by atoms with E-state index in [0.717, 1.165) is 27.5 Å². The van der Waals surface area contributed by atoms with Crippen LogP contribution in [0.25, 0.3) is 21.8 Å². The lowest BCUT2D eigenvalue weighted by Crippen LogP contribution is -2.27. The first kappa shape index (κ1) is 15.9. The van der Waals surface area contributed by atoms with Gasteiger partial charge in [-0.2, -0.15) is 0 Å². The number of hydrogen-bond donors (Lipinski definition) is 1. The molecule has 25 heavy (non-hydrogen) atoms. The van der Waals surface area contributed by atoms with Crippen molar-refractivity contribution in [2.45, 2.75) is 6.42 Å². The summed E-state index contributed by atoms with van der Waals surface area (Å²) >= 11 is 0. The molecule has 1 aliphatic rings. The van der Waals surface area contributed by atoms with Gasteiger partial charge in [-0.25, -0.2) is 13.6 Å². The van der Waals surface area contributed by atoms with Crippen LogP contribution in [0.1, 0.15) is 6.42 Å². The number of primary sulfonamides is 1. The molecule has 2 N–H and O–H groups in total. The van der Waals surface area contributed by atoms with Gasteiger partial charge in [-0.15, -0.1) is 0 Å². The Bertz CT molecular complexity index is 1100. The van der Waals surface area contributed by atoms with E-state index < -0.39 is 10.0 Å². The van der Waals surface area contributed by atoms with Gasteiger partial charge in [0, 0.05) is 42.0 Å². The normalized spacial score (nSPS) is 18.4. The second kappa shape index (κ2) is 5.75. The number of anilines is 1. The van der Waals surface area contributed by atoms with E-state index in [2.05, 4.69) is 9.97 Å². The zero-order valence-corrected chi connectivity index (χ0v) is 14.1. The first-order chi connectivity index (χ1) is 11.9. The van der Waals surface area contributed by atoms with Crippen LogP contribution in [0.2, 0.25) is 0 Å². The average Bonchev–Trinajstić information content (AvgIpc) is 2.92. The highest BCUT2D eigenvalue weighted by Gasteiger charge is 2.33. The Balaban J connectivity index is 1.84. The fraction of sp³-hybridized carbons (Fsp3) is 0.235. The Kier molecular flexibility index (Phi) is 3.66. The number of benzene rings is 1. The molecule has 1 fully saturated rings. The smallest absolute Gasteiger partial charge is 0.227 e. The number of nitrogens with two attached hydrogens (primary N) is 1. The van der Waals surface area contributed by atoms with Gasteiger partial charge in [0.2, 0.25) is 15.9 Å². The predicted octanol–water partition coefficient (Wildman–Crippen LogP) is 1.42. The monoisotopic (exact) mass is 356 g/mol. The number of sulfonamides is 1. The standard InChI is InChI=1S/C17H16N4O3S/c18-25(23,24)10-11-7-15(22)21(9-11)14-8-12-3-1-5-19-16(12)17-13(14)4-2-6-20-17/h1-6,8,11H,7,9-10H2,(H2,18,23,24). The summed E-state index contributed by atoms with van der Waals surface area (Å²) in [5, 5.41) is 6.83. The molecule has 1 saturated heterocycles. The molecule has 1 amide bonds. The summed E-state index contributed by atoms with van der Waals surface area (Å²) in [6.07, 6.45) is 3.57. The van der Waals surface area contributed by atoms with Gasteiger partial charge < -0.3 is 4.90 Å². The van der Waals surface area contributed by atoms with E-state index in [0.29, 0.717) is 6.54 Å². The van der Waals surface area contributed by atoms with Crippen LogP contribution in [0, 0.1) is 5.92 Å². The summed E-state index contributed by atoms with van der Waals surface area (Å²) in [7, 11) is -3.61. The number of carbonyl (C=O) groups is 1. The summed E-state index contributed by atoms with van der Waals surface area (Å²) in [4.78, 5) is 23.0. The molecule has 8 heteroatoms. The zero-order chi connectivity index (χ0) is 17.6. The number of fused-ring (bicyclic) bond motifs is 3. The number of rotatable bonds is 3. The van der Waals surface area contributed by atoms with Crippen molar-refractivity contribution in [2.24, 2.45) is 11.1 Å².